The Labute approximate surface area is 111 Å². The predicted molar refractivity (Wildman–Crippen MR) is 75.5 cm³/mol. The molecule has 18 heavy (non-hydrogen) atoms. The highest BCUT2D eigenvalue weighted by molar-refractivity contribution is 6.05. The van der Waals surface area contributed by atoms with Crippen LogP contribution in [-0.4, -0.2) is 13.2 Å². The second kappa shape index (κ2) is 5.29. The lowest BCUT2D eigenvalue weighted by Crippen LogP contribution is -2.10. The highest BCUT2D eigenvalue weighted by Crippen LogP contribution is 2.31. The second-order valence-corrected chi connectivity index (χ2v) is 3.89. The van der Waals surface area contributed by atoms with Gasteiger partial charge in [-0.25, -0.2) is 0 Å². The highest BCUT2D eigenvalue weighted by Gasteiger charge is 2.06. The molecule has 0 saturated carbocycles. The van der Waals surface area contributed by atoms with Gasteiger partial charge in [0.25, 0.3) is 0 Å². The van der Waals surface area contributed by atoms with E-state index in [1.807, 2.05) is 42.5 Å². The van der Waals surface area contributed by atoms with E-state index in [2.05, 4.69) is 0 Å². The van der Waals surface area contributed by atoms with E-state index >= 15 is 0 Å². The van der Waals surface area contributed by atoms with E-state index in [1.54, 1.807) is 0 Å². The van der Waals surface area contributed by atoms with E-state index in [0.717, 1.165) is 27.7 Å². The molecule has 1 heterocycles. The first-order valence-corrected chi connectivity index (χ1v) is 5.62. The summed E-state index contributed by atoms with van der Waals surface area (Å²) in [7, 11) is 0. The molecule has 0 atom stereocenters. The van der Waals surface area contributed by atoms with E-state index in [1.165, 1.54) is 0 Å². The van der Waals surface area contributed by atoms with E-state index in [9.17, 15) is 0 Å². The fourth-order valence-electron chi connectivity index (χ4n) is 1.97. The molecule has 0 spiro atoms. The first-order chi connectivity index (χ1) is 8.38. The molecule has 4 heteroatoms. The summed E-state index contributed by atoms with van der Waals surface area (Å²) in [6.45, 7) is 1.05. The van der Waals surface area contributed by atoms with Crippen LogP contribution in [0.1, 0.15) is 0 Å². The number of halogens is 1. The molecule has 0 bridgehead atoms. The fraction of sp³-hybridized carbons (Fsp3) is 0.143. The van der Waals surface area contributed by atoms with Crippen molar-refractivity contribution >= 4 is 34.3 Å². The van der Waals surface area contributed by atoms with Crippen molar-refractivity contribution in [2.45, 2.75) is 0 Å². The maximum Gasteiger partial charge on any atom is 0.135 e. The SMILES string of the molecule is Cl.NCCOc1ccc2oc3ccccc3c2c1. The highest BCUT2D eigenvalue weighted by atomic mass is 35.5. The minimum Gasteiger partial charge on any atom is -0.492 e. The molecule has 2 N–H and O–H groups in total. The van der Waals surface area contributed by atoms with Crippen molar-refractivity contribution < 1.29 is 9.15 Å². The zero-order valence-electron chi connectivity index (χ0n) is 9.76. The van der Waals surface area contributed by atoms with Crippen LogP contribution >= 0.6 is 12.4 Å². The summed E-state index contributed by atoms with van der Waals surface area (Å²) >= 11 is 0. The van der Waals surface area contributed by atoms with E-state index in [-0.39, 0.29) is 12.4 Å². The topological polar surface area (TPSA) is 48.4 Å². The van der Waals surface area contributed by atoms with Gasteiger partial charge in [-0.1, -0.05) is 18.2 Å². The fourth-order valence-corrected chi connectivity index (χ4v) is 1.97. The minimum atomic E-state index is 0. The number of benzene rings is 2. The van der Waals surface area contributed by atoms with Crippen LogP contribution in [0.25, 0.3) is 21.9 Å². The third kappa shape index (κ3) is 2.15. The summed E-state index contributed by atoms with van der Waals surface area (Å²) in [5.74, 6) is 0.828. The summed E-state index contributed by atoms with van der Waals surface area (Å²) in [5, 5.41) is 2.19. The lowest BCUT2D eigenvalue weighted by Gasteiger charge is -2.03. The molecular weight excluding hydrogens is 250 g/mol. The second-order valence-electron chi connectivity index (χ2n) is 3.89. The average molecular weight is 264 g/mol. The van der Waals surface area contributed by atoms with Crippen LogP contribution in [0.2, 0.25) is 0 Å². The number of ether oxygens (including phenoxy) is 1. The van der Waals surface area contributed by atoms with Crippen LogP contribution < -0.4 is 10.5 Å². The molecule has 0 aliphatic carbocycles. The summed E-state index contributed by atoms with van der Waals surface area (Å²) in [6, 6.07) is 13.8. The number of furan rings is 1. The number of fused-ring (bicyclic) bond motifs is 3. The molecule has 3 rings (SSSR count). The van der Waals surface area contributed by atoms with Crippen molar-refractivity contribution in [1.82, 2.24) is 0 Å². The molecule has 0 radical (unpaired) electrons. The zero-order chi connectivity index (χ0) is 11.7. The van der Waals surface area contributed by atoms with Gasteiger partial charge in [0.1, 0.15) is 23.5 Å². The molecule has 94 valence electrons. The van der Waals surface area contributed by atoms with Crippen LogP contribution in [0.15, 0.2) is 46.9 Å². The van der Waals surface area contributed by atoms with Crippen LogP contribution in [0.4, 0.5) is 0 Å². The van der Waals surface area contributed by atoms with Gasteiger partial charge in [-0.3, -0.25) is 0 Å². The van der Waals surface area contributed by atoms with Gasteiger partial charge < -0.3 is 14.9 Å². The van der Waals surface area contributed by atoms with Crippen molar-refractivity contribution in [2.24, 2.45) is 5.73 Å². The zero-order valence-corrected chi connectivity index (χ0v) is 10.6. The number of rotatable bonds is 3. The van der Waals surface area contributed by atoms with Crippen molar-refractivity contribution in [3.63, 3.8) is 0 Å². The Morgan fingerprint density at radius 2 is 1.78 bits per heavy atom. The van der Waals surface area contributed by atoms with E-state index in [4.69, 9.17) is 14.9 Å². The molecule has 3 aromatic rings. The van der Waals surface area contributed by atoms with Crippen LogP contribution in [0.5, 0.6) is 5.75 Å². The molecule has 0 amide bonds. The number of nitrogens with two attached hydrogens (primary N) is 1. The Balaban J connectivity index is 0.00000120. The first-order valence-electron chi connectivity index (χ1n) is 5.62. The third-order valence-electron chi connectivity index (χ3n) is 2.73. The minimum absolute atomic E-state index is 0. The molecule has 0 fully saturated rings. The Morgan fingerprint density at radius 3 is 2.61 bits per heavy atom. The maximum absolute atomic E-state index is 5.73. The predicted octanol–water partition coefficient (Wildman–Crippen LogP) is 3.35. The van der Waals surface area contributed by atoms with Crippen molar-refractivity contribution in [3.8, 4) is 5.75 Å². The van der Waals surface area contributed by atoms with Crippen LogP contribution in [-0.2, 0) is 0 Å². The van der Waals surface area contributed by atoms with Crippen molar-refractivity contribution in [2.75, 3.05) is 13.2 Å². The number of hydrogen-bond acceptors (Lipinski definition) is 3. The summed E-state index contributed by atoms with van der Waals surface area (Å²) < 4.78 is 11.2. The normalized spacial score (nSPS) is 10.5. The Kier molecular flexibility index (Phi) is 3.75. The number of hydrogen-bond donors (Lipinski definition) is 1. The molecule has 0 aliphatic rings. The quantitative estimate of drug-likeness (QED) is 0.788. The average Bonchev–Trinajstić information content (AvgIpc) is 2.74. The molecule has 2 aromatic carbocycles. The summed E-state index contributed by atoms with van der Waals surface area (Å²) in [4.78, 5) is 0. The molecule has 0 saturated heterocycles. The molecule has 0 aliphatic heterocycles. The summed E-state index contributed by atoms with van der Waals surface area (Å²) in [6.07, 6.45) is 0. The lowest BCUT2D eigenvalue weighted by molar-refractivity contribution is 0.328. The van der Waals surface area contributed by atoms with E-state index in [0.29, 0.717) is 13.2 Å². The Morgan fingerprint density at radius 1 is 1.00 bits per heavy atom. The van der Waals surface area contributed by atoms with Gasteiger partial charge in [-0.15, -0.1) is 12.4 Å². The molecule has 1 aromatic heterocycles. The third-order valence-corrected chi connectivity index (χ3v) is 2.73. The van der Waals surface area contributed by atoms with Gasteiger partial charge in [0.2, 0.25) is 0 Å². The van der Waals surface area contributed by atoms with Crippen LogP contribution in [0, 0.1) is 0 Å². The van der Waals surface area contributed by atoms with Gasteiger partial charge in [0, 0.05) is 17.3 Å². The molecular formula is C14H14ClNO2. The van der Waals surface area contributed by atoms with Gasteiger partial charge >= 0.3 is 0 Å². The maximum atomic E-state index is 5.73. The number of para-hydroxylation sites is 1. The van der Waals surface area contributed by atoms with Gasteiger partial charge in [-0.05, 0) is 24.3 Å². The smallest absolute Gasteiger partial charge is 0.135 e. The van der Waals surface area contributed by atoms with Gasteiger partial charge in [0.15, 0.2) is 0 Å². The van der Waals surface area contributed by atoms with Crippen LogP contribution in [0.3, 0.4) is 0 Å². The van der Waals surface area contributed by atoms with Gasteiger partial charge in [0.05, 0.1) is 0 Å². The summed E-state index contributed by atoms with van der Waals surface area (Å²) in [5.41, 5.74) is 7.20. The lowest BCUT2D eigenvalue weighted by atomic mass is 10.1. The first kappa shape index (κ1) is 12.7. The monoisotopic (exact) mass is 263 g/mol. The largest absolute Gasteiger partial charge is 0.492 e. The van der Waals surface area contributed by atoms with Gasteiger partial charge in [-0.2, -0.15) is 0 Å². The molecule has 0 unspecified atom stereocenters. The standard InChI is InChI=1S/C14H13NO2.ClH/c15-7-8-16-10-5-6-14-12(9-10)11-3-1-2-4-13(11)17-14;/h1-6,9H,7-8,15H2;1H. The Bertz CT molecular complexity index is 663. The molecule has 3 nitrogen and oxygen atoms in total. The van der Waals surface area contributed by atoms with E-state index < -0.39 is 0 Å². The Hall–Kier alpha value is -1.71. The van der Waals surface area contributed by atoms with Crippen molar-refractivity contribution in [1.29, 1.82) is 0 Å². The van der Waals surface area contributed by atoms with Crippen molar-refractivity contribution in [3.05, 3.63) is 42.5 Å².